The molecule has 0 spiro atoms. The van der Waals surface area contributed by atoms with Crippen molar-refractivity contribution in [3.05, 3.63) is 82.4 Å². The van der Waals surface area contributed by atoms with E-state index >= 15 is 0 Å². The lowest BCUT2D eigenvalue weighted by Gasteiger charge is -2.17. The minimum absolute atomic E-state index is 0.599. The Morgan fingerprint density at radius 3 is 2.38 bits per heavy atom. The highest BCUT2D eigenvalue weighted by molar-refractivity contribution is 5.66. The topological polar surface area (TPSA) is 0 Å². The van der Waals surface area contributed by atoms with Gasteiger partial charge >= 0.3 is 0 Å². The molecule has 0 saturated carbocycles. The van der Waals surface area contributed by atoms with Gasteiger partial charge in [0.1, 0.15) is 0 Å². The van der Waals surface area contributed by atoms with Gasteiger partial charge in [-0.25, -0.2) is 0 Å². The van der Waals surface area contributed by atoms with Gasteiger partial charge in [0.25, 0.3) is 0 Å². The molecular formula is C21H20. The van der Waals surface area contributed by atoms with Crippen molar-refractivity contribution in [1.29, 1.82) is 0 Å². The van der Waals surface area contributed by atoms with Crippen molar-refractivity contribution in [2.24, 2.45) is 0 Å². The second-order valence-electron chi connectivity index (χ2n) is 6.24. The lowest BCUT2D eigenvalue weighted by molar-refractivity contribution is 0.626. The van der Waals surface area contributed by atoms with Crippen LogP contribution in [-0.4, -0.2) is 0 Å². The number of hydrogen-bond acceptors (Lipinski definition) is 0. The lowest BCUT2D eigenvalue weighted by Crippen LogP contribution is -2.01. The van der Waals surface area contributed by atoms with Crippen LogP contribution in [0.4, 0.5) is 0 Å². The third kappa shape index (κ3) is 2.15. The summed E-state index contributed by atoms with van der Waals surface area (Å²) in [4.78, 5) is 0. The third-order valence-electron chi connectivity index (χ3n) is 4.97. The first kappa shape index (κ1) is 12.6. The molecule has 2 aromatic carbocycles. The Bertz CT molecular complexity index is 733. The van der Waals surface area contributed by atoms with Gasteiger partial charge < -0.3 is 0 Å². The molecule has 0 aromatic heterocycles. The molecule has 0 nitrogen and oxygen atoms in total. The van der Waals surface area contributed by atoms with Crippen LogP contribution >= 0.6 is 0 Å². The molecule has 0 radical (unpaired) electrons. The third-order valence-corrected chi connectivity index (χ3v) is 4.97. The molecule has 0 amide bonds. The maximum Gasteiger partial charge on any atom is 0.00549 e. The van der Waals surface area contributed by atoms with Gasteiger partial charge in [0.05, 0.1) is 0 Å². The van der Waals surface area contributed by atoms with E-state index in [0.717, 1.165) is 0 Å². The number of rotatable bonds is 3. The second-order valence-corrected chi connectivity index (χ2v) is 6.24. The molecule has 21 heavy (non-hydrogen) atoms. The Hall–Kier alpha value is -2.08. The van der Waals surface area contributed by atoms with Crippen molar-refractivity contribution in [2.45, 2.75) is 31.6 Å². The summed E-state index contributed by atoms with van der Waals surface area (Å²) in [5, 5.41) is 0. The largest absolute Gasteiger partial charge is 0.0764 e. The van der Waals surface area contributed by atoms with E-state index < -0.39 is 0 Å². The molecular weight excluding hydrogens is 252 g/mol. The number of allylic oxidation sites excluding steroid dienone is 2. The van der Waals surface area contributed by atoms with Gasteiger partial charge in [0.2, 0.25) is 0 Å². The van der Waals surface area contributed by atoms with Crippen LogP contribution in [0.25, 0.3) is 12.2 Å². The van der Waals surface area contributed by atoms with Crippen molar-refractivity contribution < 1.29 is 0 Å². The summed E-state index contributed by atoms with van der Waals surface area (Å²) in [6.45, 7) is 2.28. The Balaban J connectivity index is 1.52. The van der Waals surface area contributed by atoms with E-state index in [1.807, 2.05) is 0 Å². The second kappa shape index (κ2) is 5.04. The molecule has 2 atom stereocenters. The van der Waals surface area contributed by atoms with Crippen LogP contribution in [0.1, 0.15) is 53.9 Å². The summed E-state index contributed by atoms with van der Waals surface area (Å²) in [6.07, 6.45) is 9.49. The van der Waals surface area contributed by atoms with E-state index in [4.69, 9.17) is 0 Å². The zero-order valence-electron chi connectivity index (χ0n) is 12.4. The minimum atomic E-state index is 0.599. The fraction of sp³-hybridized carbons (Fsp3) is 0.238. The predicted octanol–water partition coefficient (Wildman–Crippen LogP) is 5.78. The van der Waals surface area contributed by atoms with E-state index in [0.29, 0.717) is 11.8 Å². The highest BCUT2D eigenvalue weighted by Gasteiger charge is 2.24. The quantitative estimate of drug-likeness (QED) is 0.664. The van der Waals surface area contributed by atoms with Gasteiger partial charge in [0, 0.05) is 11.8 Å². The first-order valence-corrected chi connectivity index (χ1v) is 7.87. The van der Waals surface area contributed by atoms with Gasteiger partial charge in [-0.1, -0.05) is 72.3 Å². The molecule has 0 heterocycles. The molecule has 0 aliphatic heterocycles. The molecule has 0 saturated heterocycles. The summed E-state index contributed by atoms with van der Waals surface area (Å²) in [5.74, 6) is 1.21. The van der Waals surface area contributed by atoms with E-state index in [2.05, 4.69) is 73.7 Å². The number of fused-ring (bicyclic) bond motifs is 2. The monoisotopic (exact) mass is 272 g/mol. The molecule has 0 N–H and O–H groups in total. The Labute approximate surface area is 126 Å². The number of benzene rings is 2. The van der Waals surface area contributed by atoms with E-state index in [-0.39, 0.29) is 0 Å². The minimum Gasteiger partial charge on any atom is -0.0764 e. The van der Waals surface area contributed by atoms with Crippen LogP contribution in [-0.2, 0) is 0 Å². The highest BCUT2D eigenvalue weighted by atomic mass is 14.3. The lowest BCUT2D eigenvalue weighted by atomic mass is 9.87. The Morgan fingerprint density at radius 1 is 0.810 bits per heavy atom. The average Bonchev–Trinajstić information content (AvgIpc) is 3.06. The van der Waals surface area contributed by atoms with Gasteiger partial charge in [-0.05, 0) is 42.0 Å². The van der Waals surface area contributed by atoms with Crippen LogP contribution in [0.5, 0.6) is 0 Å². The maximum absolute atomic E-state index is 2.38. The first-order chi connectivity index (χ1) is 10.3. The zero-order chi connectivity index (χ0) is 14.2. The van der Waals surface area contributed by atoms with Crippen molar-refractivity contribution in [3.63, 3.8) is 0 Å². The average molecular weight is 272 g/mol. The van der Waals surface area contributed by atoms with E-state index in [9.17, 15) is 0 Å². The summed E-state index contributed by atoms with van der Waals surface area (Å²) in [7, 11) is 0. The maximum atomic E-state index is 2.38. The van der Waals surface area contributed by atoms with Gasteiger partial charge in [-0.15, -0.1) is 0 Å². The first-order valence-electron chi connectivity index (χ1n) is 7.87. The predicted molar refractivity (Wildman–Crippen MR) is 90.3 cm³/mol. The van der Waals surface area contributed by atoms with Gasteiger partial charge in [0.15, 0.2) is 0 Å². The molecule has 0 bridgehead atoms. The summed E-state index contributed by atoms with van der Waals surface area (Å²) in [5.41, 5.74) is 7.37. The van der Waals surface area contributed by atoms with E-state index in [1.54, 1.807) is 0 Å². The molecule has 2 unspecified atom stereocenters. The molecule has 0 fully saturated rings. The number of hydrogen-bond donors (Lipinski definition) is 0. The highest BCUT2D eigenvalue weighted by Crippen LogP contribution is 2.42. The van der Waals surface area contributed by atoms with Gasteiger partial charge in [-0.2, -0.15) is 0 Å². The Morgan fingerprint density at radius 2 is 1.52 bits per heavy atom. The van der Waals surface area contributed by atoms with Crippen LogP contribution in [0.2, 0.25) is 0 Å². The Kier molecular flexibility index (Phi) is 3.03. The van der Waals surface area contributed by atoms with Crippen LogP contribution in [0, 0.1) is 0 Å². The van der Waals surface area contributed by atoms with Crippen LogP contribution in [0.15, 0.2) is 60.2 Å². The van der Waals surface area contributed by atoms with Crippen molar-refractivity contribution in [1.82, 2.24) is 0 Å². The molecule has 0 heteroatoms. The fourth-order valence-corrected chi connectivity index (χ4v) is 3.86. The molecule has 2 aromatic rings. The fourth-order valence-electron chi connectivity index (χ4n) is 3.86. The smallest absolute Gasteiger partial charge is 0.00549 e. The van der Waals surface area contributed by atoms with Crippen molar-refractivity contribution >= 4 is 12.2 Å². The van der Waals surface area contributed by atoms with E-state index in [1.165, 1.54) is 40.7 Å². The molecule has 2 aliphatic rings. The zero-order valence-corrected chi connectivity index (χ0v) is 12.4. The molecule has 4 rings (SSSR count). The van der Waals surface area contributed by atoms with Gasteiger partial charge in [-0.3, -0.25) is 0 Å². The molecule has 104 valence electrons. The normalized spacial score (nSPS) is 22.0. The summed E-state index contributed by atoms with van der Waals surface area (Å²) in [6, 6.07) is 17.6. The van der Waals surface area contributed by atoms with Crippen LogP contribution in [0.3, 0.4) is 0 Å². The molecule has 2 aliphatic carbocycles. The summed E-state index contributed by atoms with van der Waals surface area (Å²) >= 11 is 0. The van der Waals surface area contributed by atoms with Crippen molar-refractivity contribution in [2.75, 3.05) is 0 Å². The van der Waals surface area contributed by atoms with Crippen LogP contribution < -0.4 is 0 Å². The SMILES string of the molecule is CC1=Cc2ccccc2C1CCC1C=Cc2ccccc21. The van der Waals surface area contributed by atoms with Crippen molar-refractivity contribution in [3.8, 4) is 0 Å². The summed E-state index contributed by atoms with van der Waals surface area (Å²) < 4.78 is 0. The standard InChI is InChI=1S/C21H20/c1-15-14-18-7-3-5-9-21(18)19(15)13-12-17-11-10-16-6-2-4-8-20(16)17/h2-11,14,17,19H,12-13H2,1H3.